The second kappa shape index (κ2) is 8.17. The molecule has 6 nitrogen and oxygen atoms in total. The van der Waals surface area contributed by atoms with Crippen molar-refractivity contribution >= 4 is 12.0 Å². The van der Waals surface area contributed by atoms with Gasteiger partial charge in [0.15, 0.2) is 6.10 Å². The smallest absolute Gasteiger partial charge is 0.350 e. The van der Waals surface area contributed by atoms with Gasteiger partial charge in [-0.1, -0.05) is 0 Å². The predicted octanol–water partition coefficient (Wildman–Crippen LogP) is 2.67. The molecule has 0 aliphatic carbocycles. The van der Waals surface area contributed by atoms with Gasteiger partial charge in [0.1, 0.15) is 17.7 Å². The highest BCUT2D eigenvalue weighted by Gasteiger charge is 2.17. The molecule has 0 N–H and O–H groups in total. The standard InChI is InChI=1S/C17H21N3O3/c1-11-6-15(14(4)20(11)12(2)10-22-5)7-16(9-19)17(21)23-13(3)8-18/h6-7,12-13H,10H2,1-5H3/b16-7+/t12-,13+/m1/s1. The van der Waals surface area contributed by atoms with Crippen molar-refractivity contribution in [2.24, 2.45) is 0 Å². The van der Waals surface area contributed by atoms with Gasteiger partial charge in [-0.2, -0.15) is 10.5 Å². The highest BCUT2D eigenvalue weighted by Crippen LogP contribution is 2.23. The van der Waals surface area contributed by atoms with Gasteiger partial charge in [0.2, 0.25) is 0 Å². The van der Waals surface area contributed by atoms with Crippen molar-refractivity contribution in [3.05, 3.63) is 28.6 Å². The molecule has 0 aliphatic heterocycles. The van der Waals surface area contributed by atoms with Gasteiger partial charge in [0.05, 0.1) is 12.6 Å². The molecule has 1 aromatic rings. The molecule has 0 unspecified atom stereocenters. The maximum atomic E-state index is 11.9. The molecule has 6 heteroatoms. The fourth-order valence-electron chi connectivity index (χ4n) is 2.49. The van der Waals surface area contributed by atoms with E-state index >= 15 is 0 Å². The molecular formula is C17H21N3O3. The number of ether oxygens (including phenoxy) is 2. The van der Waals surface area contributed by atoms with Crippen molar-refractivity contribution in [1.29, 1.82) is 10.5 Å². The van der Waals surface area contributed by atoms with E-state index in [1.807, 2.05) is 32.9 Å². The number of nitriles is 2. The lowest BCUT2D eigenvalue weighted by molar-refractivity contribution is -0.140. The zero-order valence-electron chi connectivity index (χ0n) is 14.1. The molecule has 122 valence electrons. The number of rotatable bonds is 6. The van der Waals surface area contributed by atoms with Crippen LogP contribution in [0.5, 0.6) is 0 Å². The van der Waals surface area contributed by atoms with E-state index in [0.717, 1.165) is 17.0 Å². The third-order valence-corrected chi connectivity index (χ3v) is 3.48. The molecule has 0 radical (unpaired) electrons. The van der Waals surface area contributed by atoms with Crippen LogP contribution in [0.15, 0.2) is 11.6 Å². The summed E-state index contributed by atoms with van der Waals surface area (Å²) in [7, 11) is 1.64. The Kier molecular flexibility index (Phi) is 6.56. The summed E-state index contributed by atoms with van der Waals surface area (Å²) in [6.45, 7) is 7.92. The van der Waals surface area contributed by atoms with Crippen molar-refractivity contribution in [2.75, 3.05) is 13.7 Å². The van der Waals surface area contributed by atoms with Crippen molar-refractivity contribution in [3.63, 3.8) is 0 Å². The molecule has 0 bridgehead atoms. The van der Waals surface area contributed by atoms with Crippen molar-refractivity contribution < 1.29 is 14.3 Å². The topological polar surface area (TPSA) is 88.0 Å². The van der Waals surface area contributed by atoms with Crippen LogP contribution in [0.4, 0.5) is 0 Å². The van der Waals surface area contributed by atoms with Gasteiger partial charge in [-0.05, 0) is 45.4 Å². The molecule has 1 heterocycles. The summed E-state index contributed by atoms with van der Waals surface area (Å²) < 4.78 is 12.1. The fourth-order valence-corrected chi connectivity index (χ4v) is 2.49. The molecule has 0 aliphatic rings. The Bertz CT molecular complexity index is 689. The lowest BCUT2D eigenvalue weighted by atomic mass is 10.1. The summed E-state index contributed by atoms with van der Waals surface area (Å²) in [5, 5.41) is 17.9. The Morgan fingerprint density at radius 2 is 2.04 bits per heavy atom. The van der Waals surface area contributed by atoms with Gasteiger partial charge in [-0.3, -0.25) is 0 Å². The van der Waals surface area contributed by atoms with E-state index in [-0.39, 0.29) is 11.6 Å². The normalized spacial score (nSPS) is 13.8. The molecule has 0 aromatic carbocycles. The van der Waals surface area contributed by atoms with Crippen LogP contribution in [0.2, 0.25) is 0 Å². The number of esters is 1. The lowest BCUT2D eigenvalue weighted by Gasteiger charge is -2.17. The van der Waals surface area contributed by atoms with Gasteiger partial charge >= 0.3 is 5.97 Å². The lowest BCUT2D eigenvalue weighted by Crippen LogP contribution is -2.14. The highest BCUT2D eigenvalue weighted by atomic mass is 16.5. The largest absolute Gasteiger partial charge is 0.443 e. The van der Waals surface area contributed by atoms with Gasteiger partial charge in [-0.15, -0.1) is 0 Å². The summed E-state index contributed by atoms with van der Waals surface area (Å²) in [4.78, 5) is 11.9. The molecule has 1 rings (SSSR count). The van der Waals surface area contributed by atoms with Crippen LogP contribution in [0.3, 0.4) is 0 Å². The minimum Gasteiger partial charge on any atom is -0.443 e. The molecule has 1 aromatic heterocycles. The van der Waals surface area contributed by atoms with Crippen LogP contribution >= 0.6 is 0 Å². The highest BCUT2D eigenvalue weighted by molar-refractivity contribution is 5.98. The zero-order valence-corrected chi connectivity index (χ0v) is 14.1. The summed E-state index contributed by atoms with van der Waals surface area (Å²) >= 11 is 0. The Morgan fingerprint density at radius 1 is 1.39 bits per heavy atom. The number of hydrogen-bond acceptors (Lipinski definition) is 5. The van der Waals surface area contributed by atoms with Crippen LogP contribution in [-0.2, 0) is 14.3 Å². The molecule has 2 atom stereocenters. The number of aromatic nitrogens is 1. The third-order valence-electron chi connectivity index (χ3n) is 3.48. The molecular weight excluding hydrogens is 294 g/mol. The first-order chi connectivity index (χ1) is 10.8. The first kappa shape index (κ1) is 18.5. The van der Waals surface area contributed by atoms with E-state index in [0.29, 0.717) is 6.61 Å². The maximum Gasteiger partial charge on any atom is 0.350 e. The van der Waals surface area contributed by atoms with Crippen LogP contribution in [0, 0.1) is 36.5 Å². The van der Waals surface area contributed by atoms with Crippen LogP contribution in [0.25, 0.3) is 6.08 Å². The molecule has 0 spiro atoms. The summed E-state index contributed by atoms with van der Waals surface area (Å²) in [6.07, 6.45) is 0.596. The Labute approximate surface area is 136 Å². The first-order valence-electron chi connectivity index (χ1n) is 7.25. The summed E-state index contributed by atoms with van der Waals surface area (Å²) in [5.41, 5.74) is 2.57. The van der Waals surface area contributed by atoms with Crippen LogP contribution in [0.1, 0.15) is 36.8 Å². The second-order valence-electron chi connectivity index (χ2n) is 5.35. The fraction of sp³-hybridized carbons (Fsp3) is 0.471. The monoisotopic (exact) mass is 315 g/mol. The first-order valence-corrected chi connectivity index (χ1v) is 7.25. The van der Waals surface area contributed by atoms with Gasteiger partial charge in [0, 0.05) is 18.5 Å². The maximum absolute atomic E-state index is 11.9. The van der Waals surface area contributed by atoms with E-state index < -0.39 is 12.1 Å². The number of carbonyl (C=O) groups is 1. The van der Waals surface area contributed by atoms with E-state index in [1.54, 1.807) is 13.2 Å². The SMILES string of the molecule is COC[C@@H](C)n1c(C)cc(/C=C(\C#N)C(=O)O[C@@H](C)C#N)c1C. The van der Waals surface area contributed by atoms with E-state index in [4.69, 9.17) is 14.7 Å². The average Bonchev–Trinajstić information content (AvgIpc) is 2.78. The summed E-state index contributed by atoms with van der Waals surface area (Å²) in [6, 6.07) is 5.67. The van der Waals surface area contributed by atoms with Crippen molar-refractivity contribution in [1.82, 2.24) is 4.57 Å². The number of aryl methyl sites for hydroxylation is 1. The Balaban J connectivity index is 3.16. The van der Waals surface area contributed by atoms with Crippen molar-refractivity contribution in [2.45, 2.75) is 39.8 Å². The van der Waals surface area contributed by atoms with Crippen LogP contribution in [-0.4, -0.2) is 30.4 Å². The van der Waals surface area contributed by atoms with Gasteiger partial charge in [0.25, 0.3) is 0 Å². The van der Waals surface area contributed by atoms with Crippen LogP contribution < -0.4 is 0 Å². The second-order valence-corrected chi connectivity index (χ2v) is 5.35. The number of carbonyl (C=O) groups excluding carboxylic acids is 1. The van der Waals surface area contributed by atoms with E-state index in [1.165, 1.54) is 13.0 Å². The van der Waals surface area contributed by atoms with Gasteiger partial charge in [-0.25, -0.2) is 4.79 Å². The van der Waals surface area contributed by atoms with E-state index in [9.17, 15) is 10.1 Å². The number of methoxy groups -OCH3 is 1. The Morgan fingerprint density at radius 3 is 2.57 bits per heavy atom. The quantitative estimate of drug-likeness (QED) is 0.457. The molecule has 0 saturated carbocycles. The minimum absolute atomic E-state index is 0.133. The van der Waals surface area contributed by atoms with Gasteiger partial charge < -0.3 is 14.0 Å². The summed E-state index contributed by atoms with van der Waals surface area (Å²) in [5.74, 6) is -0.795. The molecule has 23 heavy (non-hydrogen) atoms. The molecule has 0 saturated heterocycles. The zero-order chi connectivity index (χ0) is 17.6. The third kappa shape index (κ3) is 4.45. The molecule has 0 fully saturated rings. The number of hydrogen-bond donors (Lipinski definition) is 0. The average molecular weight is 315 g/mol. The predicted molar refractivity (Wildman–Crippen MR) is 85.3 cm³/mol. The Hall–Kier alpha value is -2.57. The minimum atomic E-state index is -0.895. The van der Waals surface area contributed by atoms with Crippen molar-refractivity contribution in [3.8, 4) is 12.1 Å². The number of nitrogens with zero attached hydrogens (tertiary/aromatic N) is 3. The van der Waals surface area contributed by atoms with E-state index in [2.05, 4.69) is 4.57 Å². The molecule has 0 amide bonds.